The van der Waals surface area contributed by atoms with Gasteiger partial charge in [-0.3, -0.25) is 9.48 Å². The molecule has 0 atom stereocenters. The second-order valence-corrected chi connectivity index (χ2v) is 6.07. The number of rotatable bonds is 6. The molecule has 0 fully saturated rings. The Hall–Kier alpha value is -1.59. The standard InChI is InChI=1S/C14H16Cl2N4O/c1-14(2,17-9-21)13-8-20(19-18-13)6-5-10-3-4-11(15)12(16)7-10/h3-4,7-9H,5-6H2,1-2H3,(H,17,21). The minimum absolute atomic E-state index is 0.538. The van der Waals surface area contributed by atoms with Gasteiger partial charge in [-0.2, -0.15) is 0 Å². The SMILES string of the molecule is CC(C)(NC=O)c1cn(CCc2ccc(Cl)c(Cl)c2)nn1. The molecule has 0 bridgehead atoms. The summed E-state index contributed by atoms with van der Waals surface area (Å²) in [5.74, 6) is 0. The highest BCUT2D eigenvalue weighted by Gasteiger charge is 2.22. The Labute approximate surface area is 133 Å². The normalized spacial score (nSPS) is 11.4. The van der Waals surface area contributed by atoms with Crippen molar-refractivity contribution in [1.29, 1.82) is 0 Å². The van der Waals surface area contributed by atoms with Gasteiger partial charge in [0.2, 0.25) is 6.41 Å². The molecule has 1 amide bonds. The summed E-state index contributed by atoms with van der Waals surface area (Å²) in [5.41, 5.74) is 1.25. The fourth-order valence-electron chi connectivity index (χ4n) is 1.85. The molecule has 0 saturated carbocycles. The highest BCUT2D eigenvalue weighted by molar-refractivity contribution is 6.42. The molecule has 0 aliphatic heterocycles. The Morgan fingerprint density at radius 3 is 2.76 bits per heavy atom. The molecular formula is C14H16Cl2N4O. The quantitative estimate of drug-likeness (QED) is 0.830. The van der Waals surface area contributed by atoms with Gasteiger partial charge in [0.05, 0.1) is 21.8 Å². The Bertz CT molecular complexity index is 640. The van der Waals surface area contributed by atoms with Crippen LogP contribution in [0, 0.1) is 0 Å². The van der Waals surface area contributed by atoms with Crippen LogP contribution in [0.3, 0.4) is 0 Å². The van der Waals surface area contributed by atoms with E-state index in [-0.39, 0.29) is 0 Å². The van der Waals surface area contributed by atoms with Gasteiger partial charge in [0.15, 0.2) is 0 Å². The van der Waals surface area contributed by atoms with Gasteiger partial charge in [0.25, 0.3) is 0 Å². The smallest absolute Gasteiger partial charge is 0.207 e. The van der Waals surface area contributed by atoms with E-state index in [1.54, 1.807) is 10.7 Å². The van der Waals surface area contributed by atoms with Crippen molar-refractivity contribution in [2.24, 2.45) is 0 Å². The van der Waals surface area contributed by atoms with Crippen LogP contribution in [0.1, 0.15) is 25.1 Å². The minimum Gasteiger partial charge on any atom is -0.348 e. The molecule has 1 aromatic heterocycles. The van der Waals surface area contributed by atoms with E-state index >= 15 is 0 Å². The first kappa shape index (κ1) is 15.8. The lowest BCUT2D eigenvalue weighted by atomic mass is 10.0. The maximum absolute atomic E-state index is 10.6. The zero-order valence-electron chi connectivity index (χ0n) is 11.8. The van der Waals surface area contributed by atoms with Crippen molar-refractivity contribution < 1.29 is 4.79 Å². The van der Waals surface area contributed by atoms with Crippen molar-refractivity contribution in [3.63, 3.8) is 0 Å². The lowest BCUT2D eigenvalue weighted by Crippen LogP contribution is -2.35. The van der Waals surface area contributed by atoms with E-state index in [0.717, 1.165) is 12.0 Å². The van der Waals surface area contributed by atoms with Crippen LogP contribution in [0.5, 0.6) is 0 Å². The third-order valence-electron chi connectivity index (χ3n) is 3.21. The van der Waals surface area contributed by atoms with Crippen molar-refractivity contribution in [3.8, 4) is 0 Å². The monoisotopic (exact) mass is 326 g/mol. The molecule has 1 heterocycles. The topological polar surface area (TPSA) is 59.8 Å². The number of benzene rings is 1. The average Bonchev–Trinajstić information content (AvgIpc) is 2.90. The van der Waals surface area contributed by atoms with Crippen molar-refractivity contribution >= 4 is 29.6 Å². The molecule has 21 heavy (non-hydrogen) atoms. The highest BCUT2D eigenvalue weighted by Crippen LogP contribution is 2.23. The number of nitrogens with zero attached hydrogens (tertiary/aromatic N) is 3. The summed E-state index contributed by atoms with van der Waals surface area (Å²) in [7, 11) is 0. The molecule has 7 heteroatoms. The summed E-state index contributed by atoms with van der Waals surface area (Å²) in [6, 6.07) is 5.56. The second-order valence-electron chi connectivity index (χ2n) is 5.25. The molecular weight excluding hydrogens is 311 g/mol. The molecule has 0 unspecified atom stereocenters. The number of amides is 1. The molecule has 0 aliphatic rings. The number of nitrogens with one attached hydrogen (secondary N) is 1. The van der Waals surface area contributed by atoms with Crippen LogP contribution in [0.4, 0.5) is 0 Å². The summed E-state index contributed by atoms with van der Waals surface area (Å²) in [5, 5.41) is 12.0. The van der Waals surface area contributed by atoms with Gasteiger partial charge in [-0.05, 0) is 38.0 Å². The second kappa shape index (κ2) is 6.45. The molecule has 2 rings (SSSR count). The van der Waals surface area contributed by atoms with Gasteiger partial charge >= 0.3 is 0 Å². The highest BCUT2D eigenvalue weighted by atomic mass is 35.5. The molecule has 1 aromatic carbocycles. The predicted molar refractivity (Wildman–Crippen MR) is 82.4 cm³/mol. The minimum atomic E-state index is -0.538. The van der Waals surface area contributed by atoms with E-state index < -0.39 is 5.54 Å². The van der Waals surface area contributed by atoms with Crippen LogP contribution in [0.15, 0.2) is 24.4 Å². The van der Waals surface area contributed by atoms with Gasteiger partial charge in [-0.1, -0.05) is 34.5 Å². The van der Waals surface area contributed by atoms with Gasteiger partial charge in [-0.15, -0.1) is 5.10 Å². The first-order valence-corrected chi connectivity index (χ1v) is 7.24. The maximum Gasteiger partial charge on any atom is 0.207 e. The molecule has 2 aromatic rings. The van der Waals surface area contributed by atoms with Crippen molar-refractivity contribution in [3.05, 3.63) is 45.7 Å². The van der Waals surface area contributed by atoms with E-state index in [0.29, 0.717) is 28.7 Å². The lowest BCUT2D eigenvalue weighted by molar-refractivity contribution is -0.111. The largest absolute Gasteiger partial charge is 0.348 e. The fraction of sp³-hybridized carbons (Fsp3) is 0.357. The summed E-state index contributed by atoms with van der Waals surface area (Å²) in [4.78, 5) is 10.6. The zero-order valence-corrected chi connectivity index (χ0v) is 13.3. The third kappa shape index (κ3) is 3.95. The van der Waals surface area contributed by atoms with Gasteiger partial charge < -0.3 is 5.32 Å². The summed E-state index contributed by atoms with van der Waals surface area (Å²) < 4.78 is 1.74. The molecule has 5 nitrogen and oxygen atoms in total. The summed E-state index contributed by atoms with van der Waals surface area (Å²) >= 11 is 11.9. The van der Waals surface area contributed by atoms with Crippen LogP contribution in [0.25, 0.3) is 0 Å². The molecule has 0 spiro atoms. The number of hydrogen-bond acceptors (Lipinski definition) is 3. The molecule has 0 aliphatic carbocycles. The number of aryl methyl sites for hydroxylation is 2. The average molecular weight is 327 g/mol. The van der Waals surface area contributed by atoms with Crippen molar-refractivity contribution in [2.45, 2.75) is 32.4 Å². The number of carbonyl (C=O) groups excluding carboxylic acids is 1. The maximum atomic E-state index is 10.6. The van der Waals surface area contributed by atoms with Crippen LogP contribution >= 0.6 is 23.2 Å². The molecule has 0 saturated heterocycles. The Kier molecular flexibility index (Phi) is 4.85. The van der Waals surface area contributed by atoms with Crippen LogP contribution < -0.4 is 5.32 Å². The molecule has 112 valence electrons. The Morgan fingerprint density at radius 2 is 2.10 bits per heavy atom. The van der Waals surface area contributed by atoms with Crippen molar-refractivity contribution in [2.75, 3.05) is 0 Å². The van der Waals surface area contributed by atoms with Crippen LogP contribution in [0.2, 0.25) is 10.0 Å². The van der Waals surface area contributed by atoms with Crippen LogP contribution in [-0.2, 0) is 23.3 Å². The summed E-state index contributed by atoms with van der Waals surface area (Å²) in [6.45, 7) is 4.41. The predicted octanol–water partition coefficient (Wildman–Crippen LogP) is 2.81. The molecule has 1 N–H and O–H groups in total. The van der Waals surface area contributed by atoms with E-state index in [2.05, 4.69) is 15.6 Å². The Morgan fingerprint density at radius 1 is 1.33 bits per heavy atom. The number of halogens is 2. The summed E-state index contributed by atoms with van der Waals surface area (Å²) in [6.07, 6.45) is 3.25. The number of hydrogen-bond donors (Lipinski definition) is 1. The van der Waals surface area contributed by atoms with E-state index in [4.69, 9.17) is 23.2 Å². The van der Waals surface area contributed by atoms with E-state index in [1.165, 1.54) is 0 Å². The first-order chi connectivity index (χ1) is 9.92. The fourth-order valence-corrected chi connectivity index (χ4v) is 2.17. The third-order valence-corrected chi connectivity index (χ3v) is 3.95. The zero-order chi connectivity index (χ0) is 15.5. The van der Waals surface area contributed by atoms with Crippen LogP contribution in [-0.4, -0.2) is 21.4 Å². The number of aromatic nitrogens is 3. The number of carbonyl (C=O) groups is 1. The molecule has 0 radical (unpaired) electrons. The Balaban J connectivity index is 2.02. The van der Waals surface area contributed by atoms with Gasteiger partial charge in [0.1, 0.15) is 5.69 Å². The lowest BCUT2D eigenvalue weighted by Gasteiger charge is -2.20. The van der Waals surface area contributed by atoms with Gasteiger partial charge in [0, 0.05) is 6.54 Å². The van der Waals surface area contributed by atoms with E-state index in [9.17, 15) is 4.79 Å². The van der Waals surface area contributed by atoms with Gasteiger partial charge in [-0.25, -0.2) is 0 Å². The van der Waals surface area contributed by atoms with Crippen molar-refractivity contribution in [1.82, 2.24) is 20.3 Å². The first-order valence-electron chi connectivity index (χ1n) is 6.48. The van der Waals surface area contributed by atoms with E-state index in [1.807, 2.05) is 32.2 Å².